The number of amides is 1. The zero-order valence-corrected chi connectivity index (χ0v) is 15.7. The molecule has 2 aromatic carbocycles. The largest absolute Gasteiger partial charge is 0.573 e. The molecule has 3 aromatic rings. The lowest BCUT2D eigenvalue weighted by Gasteiger charge is -2.09. The Balaban J connectivity index is 1.54. The Morgan fingerprint density at radius 1 is 1.14 bits per heavy atom. The summed E-state index contributed by atoms with van der Waals surface area (Å²) in [5, 5.41) is 8.64. The molecule has 0 fully saturated rings. The summed E-state index contributed by atoms with van der Waals surface area (Å²) >= 11 is 7.27. The molecule has 5 nitrogen and oxygen atoms in total. The number of hydrogen-bond donors (Lipinski definition) is 2. The smallest absolute Gasteiger partial charge is 0.406 e. The number of benzene rings is 2. The highest BCUT2D eigenvalue weighted by molar-refractivity contribution is 7.13. The van der Waals surface area contributed by atoms with Crippen LogP contribution in [0.2, 0.25) is 5.02 Å². The van der Waals surface area contributed by atoms with Gasteiger partial charge in [-0.15, -0.1) is 24.5 Å². The van der Waals surface area contributed by atoms with Crippen molar-refractivity contribution in [3.8, 4) is 5.75 Å². The van der Waals surface area contributed by atoms with Crippen LogP contribution in [-0.2, 0) is 11.2 Å². The van der Waals surface area contributed by atoms with E-state index in [1.807, 2.05) is 6.07 Å². The summed E-state index contributed by atoms with van der Waals surface area (Å²) in [5.74, 6) is -0.703. The number of ether oxygens (including phenoxy) is 1. The van der Waals surface area contributed by atoms with E-state index in [0.29, 0.717) is 21.5 Å². The van der Waals surface area contributed by atoms with E-state index >= 15 is 0 Å². The van der Waals surface area contributed by atoms with Crippen molar-refractivity contribution in [2.24, 2.45) is 0 Å². The average Bonchev–Trinajstić information content (AvgIpc) is 3.02. The Morgan fingerprint density at radius 3 is 2.57 bits per heavy atom. The number of carbonyl (C=O) groups is 1. The first-order valence-corrected chi connectivity index (χ1v) is 9.15. The van der Waals surface area contributed by atoms with Gasteiger partial charge in [0.25, 0.3) is 0 Å². The highest BCUT2D eigenvalue weighted by atomic mass is 35.5. The van der Waals surface area contributed by atoms with E-state index in [9.17, 15) is 18.0 Å². The van der Waals surface area contributed by atoms with Crippen molar-refractivity contribution in [2.75, 3.05) is 10.6 Å². The van der Waals surface area contributed by atoms with Crippen molar-refractivity contribution in [3.05, 3.63) is 64.6 Å². The molecule has 0 aliphatic heterocycles. The summed E-state index contributed by atoms with van der Waals surface area (Å²) in [6.45, 7) is 0. The summed E-state index contributed by atoms with van der Waals surface area (Å²) in [6, 6.07) is 12.0. The second-order valence-electron chi connectivity index (χ2n) is 5.58. The first-order valence-electron chi connectivity index (χ1n) is 7.89. The second kappa shape index (κ2) is 8.49. The summed E-state index contributed by atoms with van der Waals surface area (Å²) in [4.78, 5) is 16.4. The fourth-order valence-corrected chi connectivity index (χ4v) is 3.17. The van der Waals surface area contributed by atoms with Gasteiger partial charge in [0.05, 0.1) is 12.1 Å². The molecule has 10 heteroatoms. The van der Waals surface area contributed by atoms with Crippen LogP contribution in [0.25, 0.3) is 0 Å². The number of nitrogens with zero attached hydrogens (tertiary/aromatic N) is 1. The summed E-state index contributed by atoms with van der Waals surface area (Å²) in [5.41, 5.74) is 1.69. The number of nitrogens with one attached hydrogen (secondary N) is 2. The van der Waals surface area contributed by atoms with Gasteiger partial charge in [-0.25, -0.2) is 4.98 Å². The fourth-order valence-electron chi connectivity index (χ4n) is 2.24. The Kier molecular flexibility index (Phi) is 6.05. The van der Waals surface area contributed by atoms with Crippen LogP contribution >= 0.6 is 22.9 Å². The van der Waals surface area contributed by atoms with Crippen LogP contribution in [0.15, 0.2) is 53.9 Å². The van der Waals surface area contributed by atoms with Gasteiger partial charge in [-0.2, -0.15) is 0 Å². The van der Waals surface area contributed by atoms with Gasteiger partial charge in [0.2, 0.25) is 5.91 Å². The molecule has 0 aliphatic rings. The molecule has 0 saturated heterocycles. The second-order valence-corrected chi connectivity index (χ2v) is 6.87. The summed E-state index contributed by atoms with van der Waals surface area (Å²) < 4.78 is 40.2. The van der Waals surface area contributed by atoms with Crippen LogP contribution in [0.1, 0.15) is 5.69 Å². The van der Waals surface area contributed by atoms with Crippen LogP contribution in [0.4, 0.5) is 29.7 Å². The molecular formula is C18H13ClF3N3O2S. The SMILES string of the molecule is O=C(Cc1csc(Nc2cccc(Cl)c2)n1)Nc1ccc(OC(F)(F)F)cc1. The molecule has 28 heavy (non-hydrogen) atoms. The standard InChI is InChI=1S/C18H13ClF3N3O2S/c19-11-2-1-3-13(8-11)24-17-25-14(10-28-17)9-16(26)23-12-4-6-15(7-5-12)27-18(20,21)22/h1-8,10H,9H2,(H,23,26)(H,24,25). The molecule has 0 radical (unpaired) electrons. The zero-order valence-electron chi connectivity index (χ0n) is 14.1. The molecule has 146 valence electrons. The van der Waals surface area contributed by atoms with Gasteiger partial charge in [0, 0.05) is 21.8 Å². The summed E-state index contributed by atoms with van der Waals surface area (Å²) in [6.07, 6.45) is -4.74. The molecule has 0 unspecified atom stereocenters. The van der Waals surface area contributed by atoms with Crippen LogP contribution < -0.4 is 15.4 Å². The molecule has 1 amide bonds. The van der Waals surface area contributed by atoms with E-state index in [2.05, 4.69) is 20.4 Å². The molecule has 0 aliphatic carbocycles. The zero-order chi connectivity index (χ0) is 20.1. The van der Waals surface area contributed by atoms with Gasteiger partial charge in [0.1, 0.15) is 5.75 Å². The van der Waals surface area contributed by atoms with E-state index in [1.165, 1.54) is 23.5 Å². The molecule has 3 rings (SSSR count). The normalized spacial score (nSPS) is 11.1. The average molecular weight is 428 g/mol. The fraction of sp³-hybridized carbons (Fsp3) is 0.111. The summed E-state index contributed by atoms with van der Waals surface area (Å²) in [7, 11) is 0. The highest BCUT2D eigenvalue weighted by Crippen LogP contribution is 2.25. The number of rotatable bonds is 6. The number of carbonyl (C=O) groups excluding carboxylic acids is 1. The Labute approximate surface area is 167 Å². The molecule has 0 spiro atoms. The maximum Gasteiger partial charge on any atom is 0.573 e. The third kappa shape index (κ3) is 6.14. The van der Waals surface area contributed by atoms with E-state index < -0.39 is 6.36 Å². The Hall–Kier alpha value is -2.78. The first-order chi connectivity index (χ1) is 13.3. The van der Waals surface area contributed by atoms with E-state index in [1.54, 1.807) is 23.6 Å². The minimum Gasteiger partial charge on any atom is -0.406 e. The van der Waals surface area contributed by atoms with Gasteiger partial charge in [-0.05, 0) is 42.5 Å². The van der Waals surface area contributed by atoms with Crippen molar-refractivity contribution in [1.29, 1.82) is 0 Å². The minimum absolute atomic E-state index is 0.0223. The molecule has 1 heterocycles. The maximum atomic E-state index is 12.1. The van der Waals surface area contributed by atoms with E-state index in [4.69, 9.17) is 11.6 Å². The predicted molar refractivity (Wildman–Crippen MR) is 102 cm³/mol. The van der Waals surface area contributed by atoms with Crippen LogP contribution in [-0.4, -0.2) is 17.3 Å². The molecule has 0 atom stereocenters. The quantitative estimate of drug-likeness (QED) is 0.536. The van der Waals surface area contributed by atoms with E-state index in [-0.39, 0.29) is 18.1 Å². The van der Waals surface area contributed by atoms with Crippen molar-refractivity contribution >= 4 is 45.4 Å². The molecule has 0 saturated carbocycles. The van der Waals surface area contributed by atoms with Crippen molar-refractivity contribution < 1.29 is 22.7 Å². The lowest BCUT2D eigenvalue weighted by atomic mass is 10.2. The molecular weight excluding hydrogens is 415 g/mol. The number of halogens is 4. The maximum absolute atomic E-state index is 12.1. The first kappa shape index (κ1) is 20.0. The minimum atomic E-state index is -4.76. The third-order valence-corrected chi connectivity index (χ3v) is 4.38. The van der Waals surface area contributed by atoms with Crippen LogP contribution in [0.3, 0.4) is 0 Å². The van der Waals surface area contributed by atoms with Gasteiger partial charge in [0.15, 0.2) is 5.13 Å². The van der Waals surface area contributed by atoms with E-state index in [0.717, 1.165) is 17.8 Å². The lowest BCUT2D eigenvalue weighted by molar-refractivity contribution is -0.274. The lowest BCUT2D eigenvalue weighted by Crippen LogP contribution is -2.17. The number of aromatic nitrogens is 1. The third-order valence-electron chi connectivity index (χ3n) is 3.34. The van der Waals surface area contributed by atoms with Crippen molar-refractivity contribution in [3.63, 3.8) is 0 Å². The van der Waals surface area contributed by atoms with Crippen LogP contribution in [0, 0.1) is 0 Å². The molecule has 2 N–H and O–H groups in total. The Bertz CT molecular complexity index is 961. The monoisotopic (exact) mass is 427 g/mol. The van der Waals surface area contributed by atoms with Gasteiger partial charge in [-0.1, -0.05) is 17.7 Å². The topological polar surface area (TPSA) is 63.2 Å². The van der Waals surface area contributed by atoms with Crippen LogP contribution in [0.5, 0.6) is 5.75 Å². The number of anilines is 3. The van der Waals surface area contributed by atoms with Gasteiger partial charge >= 0.3 is 6.36 Å². The molecule has 0 bridgehead atoms. The van der Waals surface area contributed by atoms with Crippen molar-refractivity contribution in [1.82, 2.24) is 4.98 Å². The van der Waals surface area contributed by atoms with Gasteiger partial charge < -0.3 is 15.4 Å². The van der Waals surface area contributed by atoms with Gasteiger partial charge in [-0.3, -0.25) is 4.79 Å². The van der Waals surface area contributed by atoms with Crippen molar-refractivity contribution in [2.45, 2.75) is 12.8 Å². The molecule has 1 aromatic heterocycles. The Morgan fingerprint density at radius 2 is 1.89 bits per heavy atom. The highest BCUT2D eigenvalue weighted by Gasteiger charge is 2.30. The predicted octanol–water partition coefficient (Wildman–Crippen LogP) is 5.62. The number of thiazole rings is 1. The number of hydrogen-bond acceptors (Lipinski definition) is 5. The number of alkyl halides is 3.